The number of rotatable bonds is 4. The normalized spacial score (nSPS) is 24.8. The Morgan fingerprint density at radius 3 is 2.62 bits per heavy atom. The Morgan fingerprint density at radius 2 is 2.05 bits per heavy atom. The molecule has 21 heavy (non-hydrogen) atoms. The van der Waals surface area contributed by atoms with Crippen molar-refractivity contribution >= 4 is 33.5 Å². The van der Waals surface area contributed by atoms with Gasteiger partial charge in [0.15, 0.2) is 0 Å². The van der Waals surface area contributed by atoms with E-state index in [9.17, 15) is 14.7 Å². The zero-order valence-corrected chi connectivity index (χ0v) is 13.7. The highest BCUT2D eigenvalue weighted by Crippen LogP contribution is 2.39. The van der Waals surface area contributed by atoms with E-state index in [1.165, 1.54) is 0 Å². The number of amides is 1. The fraction of sp³-hybridized carbons (Fsp3) is 0.533. The van der Waals surface area contributed by atoms with Crippen LogP contribution in [0, 0.1) is 24.7 Å². The molecule has 1 unspecified atom stereocenters. The van der Waals surface area contributed by atoms with Gasteiger partial charge in [0, 0.05) is 0 Å². The van der Waals surface area contributed by atoms with Crippen molar-refractivity contribution in [2.45, 2.75) is 33.1 Å². The minimum atomic E-state index is -0.878. The average Bonchev–Trinajstić information content (AvgIpc) is 2.86. The lowest BCUT2D eigenvalue weighted by molar-refractivity contribution is -0.145. The van der Waals surface area contributed by atoms with Crippen molar-refractivity contribution in [1.82, 2.24) is 4.98 Å². The lowest BCUT2D eigenvalue weighted by Crippen LogP contribution is -2.30. The van der Waals surface area contributed by atoms with Crippen molar-refractivity contribution < 1.29 is 14.7 Å². The number of aryl methyl sites for hydroxylation is 1. The fourth-order valence-corrected chi connectivity index (χ4v) is 3.33. The summed E-state index contributed by atoms with van der Waals surface area (Å²) in [5.74, 6) is -1.83. The van der Waals surface area contributed by atoms with E-state index in [2.05, 4.69) is 26.2 Å². The topological polar surface area (TPSA) is 79.3 Å². The molecule has 3 atom stereocenters. The number of carboxylic acids is 1. The molecular weight excluding hydrogens is 336 g/mol. The number of anilines is 1. The van der Waals surface area contributed by atoms with Crippen molar-refractivity contribution in [2.75, 3.05) is 5.32 Å². The smallest absolute Gasteiger partial charge is 0.307 e. The molecule has 0 aliphatic heterocycles. The number of carbonyl (C=O) groups is 2. The van der Waals surface area contributed by atoms with Crippen LogP contribution in [0.2, 0.25) is 0 Å². The number of pyridine rings is 1. The highest BCUT2D eigenvalue weighted by atomic mass is 79.9. The molecular formula is C15H19BrN2O3. The molecule has 5 nitrogen and oxygen atoms in total. The summed E-state index contributed by atoms with van der Waals surface area (Å²) in [6.45, 7) is 3.84. The van der Waals surface area contributed by atoms with E-state index in [0.717, 1.165) is 6.42 Å². The lowest BCUT2D eigenvalue weighted by atomic mass is 9.95. The van der Waals surface area contributed by atoms with Crippen molar-refractivity contribution in [3.63, 3.8) is 0 Å². The van der Waals surface area contributed by atoms with Gasteiger partial charge in [0.2, 0.25) is 5.91 Å². The molecule has 1 aliphatic carbocycles. The largest absolute Gasteiger partial charge is 0.481 e. The van der Waals surface area contributed by atoms with Crippen molar-refractivity contribution in [3.05, 3.63) is 22.4 Å². The molecule has 0 aromatic carbocycles. The summed E-state index contributed by atoms with van der Waals surface area (Å²) >= 11 is 3.27. The van der Waals surface area contributed by atoms with Crippen LogP contribution in [0.3, 0.4) is 0 Å². The van der Waals surface area contributed by atoms with Gasteiger partial charge in [0.1, 0.15) is 4.60 Å². The predicted molar refractivity (Wildman–Crippen MR) is 82.9 cm³/mol. The monoisotopic (exact) mass is 354 g/mol. The molecule has 114 valence electrons. The summed E-state index contributed by atoms with van der Waals surface area (Å²) in [5.41, 5.74) is 1.34. The average molecular weight is 355 g/mol. The van der Waals surface area contributed by atoms with Crippen LogP contribution in [-0.2, 0) is 9.59 Å². The number of nitrogens with zero attached hydrogens (tertiary/aromatic N) is 1. The minimum Gasteiger partial charge on any atom is -0.481 e. The number of hydrogen-bond donors (Lipinski definition) is 2. The molecule has 1 aromatic rings. The van der Waals surface area contributed by atoms with E-state index in [4.69, 9.17) is 0 Å². The quantitative estimate of drug-likeness (QED) is 0.813. The van der Waals surface area contributed by atoms with Crippen LogP contribution in [0.25, 0.3) is 0 Å². The lowest BCUT2D eigenvalue weighted by Gasteiger charge is -2.16. The van der Waals surface area contributed by atoms with Crippen molar-refractivity contribution in [2.24, 2.45) is 17.8 Å². The molecule has 1 saturated carbocycles. The molecule has 1 heterocycles. The van der Waals surface area contributed by atoms with Gasteiger partial charge < -0.3 is 10.4 Å². The Kier molecular flexibility index (Phi) is 4.98. The van der Waals surface area contributed by atoms with E-state index in [1.54, 1.807) is 19.1 Å². The fourth-order valence-electron chi connectivity index (χ4n) is 2.93. The van der Waals surface area contributed by atoms with Crippen LogP contribution in [0.5, 0.6) is 0 Å². The molecule has 0 spiro atoms. The molecule has 2 N–H and O–H groups in total. The molecule has 0 bridgehead atoms. The summed E-state index contributed by atoms with van der Waals surface area (Å²) in [6.07, 6.45) is 2.14. The maximum absolute atomic E-state index is 12.4. The number of halogens is 1. The maximum atomic E-state index is 12.4. The Hall–Kier alpha value is -1.43. The van der Waals surface area contributed by atoms with E-state index in [0.29, 0.717) is 34.7 Å². The number of hydrogen-bond acceptors (Lipinski definition) is 3. The van der Waals surface area contributed by atoms with E-state index >= 15 is 0 Å². The number of carboxylic acid groups (broad SMARTS) is 1. The number of aliphatic carboxylic acids is 1. The minimum absolute atomic E-state index is 0.217. The van der Waals surface area contributed by atoms with Gasteiger partial charge in [-0.15, -0.1) is 0 Å². The third kappa shape index (κ3) is 3.61. The SMILES string of the molecule is CCC1C[C@H](C(=O)Nc2ccc(Br)nc2C)[C@H](C(=O)O)C1. The molecule has 1 aliphatic rings. The van der Waals surface area contributed by atoms with E-state index < -0.39 is 17.8 Å². The predicted octanol–water partition coefficient (Wildman–Crippen LogP) is 3.23. The summed E-state index contributed by atoms with van der Waals surface area (Å²) < 4.78 is 0.702. The van der Waals surface area contributed by atoms with Crippen LogP contribution < -0.4 is 5.32 Å². The standard InChI is InChI=1S/C15H19BrN2O3/c1-3-9-6-10(11(7-9)15(20)21)14(19)18-12-4-5-13(16)17-8(12)2/h4-5,9-11H,3,6-7H2,1-2H3,(H,18,19)(H,20,21)/t9?,10-,11+/m0/s1. The van der Waals surface area contributed by atoms with Crippen LogP contribution in [0.15, 0.2) is 16.7 Å². The summed E-state index contributed by atoms with van der Waals surface area (Å²) in [7, 11) is 0. The van der Waals surface area contributed by atoms with Crippen molar-refractivity contribution in [3.8, 4) is 0 Å². The van der Waals surface area contributed by atoms with Crippen LogP contribution in [0.1, 0.15) is 31.9 Å². The molecule has 0 saturated heterocycles. The highest BCUT2D eigenvalue weighted by molar-refractivity contribution is 9.10. The molecule has 2 rings (SSSR count). The maximum Gasteiger partial charge on any atom is 0.307 e. The number of nitrogens with one attached hydrogen (secondary N) is 1. The second kappa shape index (κ2) is 6.56. The third-order valence-corrected chi connectivity index (χ3v) is 4.64. The highest BCUT2D eigenvalue weighted by Gasteiger charge is 2.42. The third-order valence-electron chi connectivity index (χ3n) is 4.20. The second-order valence-corrected chi connectivity index (χ2v) is 6.37. The van der Waals surface area contributed by atoms with Gasteiger partial charge in [-0.25, -0.2) is 4.98 Å². The first kappa shape index (κ1) is 15.9. The van der Waals surface area contributed by atoms with Gasteiger partial charge in [-0.3, -0.25) is 9.59 Å². The molecule has 1 amide bonds. The number of aromatic nitrogens is 1. The van der Waals surface area contributed by atoms with Crippen molar-refractivity contribution in [1.29, 1.82) is 0 Å². The molecule has 1 aromatic heterocycles. The summed E-state index contributed by atoms with van der Waals surface area (Å²) in [4.78, 5) is 28.0. The van der Waals surface area contributed by atoms with Crippen LogP contribution >= 0.6 is 15.9 Å². The summed E-state index contributed by atoms with van der Waals surface area (Å²) in [6, 6.07) is 3.52. The van der Waals surface area contributed by atoms with Gasteiger partial charge in [0.05, 0.1) is 23.2 Å². The van der Waals surface area contributed by atoms with E-state index in [1.807, 2.05) is 6.92 Å². The Balaban J connectivity index is 2.13. The Morgan fingerprint density at radius 1 is 1.38 bits per heavy atom. The Bertz CT molecular complexity index is 562. The first-order valence-corrected chi connectivity index (χ1v) is 7.88. The zero-order valence-electron chi connectivity index (χ0n) is 12.1. The molecule has 1 fully saturated rings. The zero-order chi connectivity index (χ0) is 15.6. The van der Waals surface area contributed by atoms with Gasteiger partial charge >= 0.3 is 5.97 Å². The van der Waals surface area contributed by atoms with Crippen LogP contribution in [-0.4, -0.2) is 22.0 Å². The van der Waals surface area contributed by atoms with Gasteiger partial charge in [0.25, 0.3) is 0 Å². The van der Waals surface area contributed by atoms with Gasteiger partial charge in [-0.05, 0) is 53.7 Å². The van der Waals surface area contributed by atoms with Gasteiger partial charge in [-0.1, -0.05) is 13.3 Å². The number of carbonyl (C=O) groups excluding carboxylic acids is 1. The van der Waals surface area contributed by atoms with E-state index in [-0.39, 0.29) is 5.91 Å². The molecule has 6 heteroatoms. The first-order chi connectivity index (χ1) is 9.92. The Labute approximate surface area is 132 Å². The summed E-state index contributed by atoms with van der Waals surface area (Å²) in [5, 5.41) is 12.1. The second-order valence-electron chi connectivity index (χ2n) is 5.55. The van der Waals surface area contributed by atoms with Crippen LogP contribution in [0.4, 0.5) is 5.69 Å². The molecule has 0 radical (unpaired) electrons. The first-order valence-electron chi connectivity index (χ1n) is 7.09. The van der Waals surface area contributed by atoms with Gasteiger partial charge in [-0.2, -0.15) is 0 Å².